The summed E-state index contributed by atoms with van der Waals surface area (Å²) in [5, 5.41) is 3.40. The molecule has 0 bridgehead atoms. The molecule has 0 spiro atoms. The lowest BCUT2D eigenvalue weighted by molar-refractivity contribution is -0.120. The lowest BCUT2D eigenvalue weighted by atomic mass is 10.0. The Morgan fingerprint density at radius 2 is 1.79 bits per heavy atom. The van der Waals surface area contributed by atoms with E-state index in [4.69, 9.17) is 4.42 Å². The molecule has 2 aliphatic rings. The van der Waals surface area contributed by atoms with E-state index in [2.05, 4.69) is 12.2 Å². The van der Waals surface area contributed by atoms with Crippen molar-refractivity contribution in [1.29, 1.82) is 0 Å². The van der Waals surface area contributed by atoms with E-state index < -0.39 is 6.04 Å². The average Bonchev–Trinajstić information content (AvgIpc) is 3.31. The first kappa shape index (κ1) is 17.8. The molecule has 1 atom stereocenters. The maximum atomic E-state index is 13.5. The van der Waals surface area contributed by atoms with Crippen molar-refractivity contribution >= 4 is 35.0 Å². The van der Waals surface area contributed by atoms with Crippen LogP contribution in [-0.2, 0) is 16.0 Å². The summed E-state index contributed by atoms with van der Waals surface area (Å²) in [4.78, 5) is 29.4. The molecule has 0 aliphatic carbocycles. The summed E-state index contributed by atoms with van der Waals surface area (Å²) < 4.78 is 5.62. The Balaban J connectivity index is 1.62. The highest BCUT2D eigenvalue weighted by atomic mass is 32.2. The normalized spacial score (nSPS) is 18.4. The number of benzene rings is 2. The van der Waals surface area contributed by atoms with Crippen LogP contribution in [0.1, 0.15) is 24.3 Å². The van der Waals surface area contributed by atoms with Gasteiger partial charge < -0.3 is 9.73 Å². The lowest BCUT2D eigenvalue weighted by Gasteiger charge is -2.21. The fourth-order valence-corrected chi connectivity index (χ4v) is 4.77. The number of hydrogen-bond donors (Lipinski definition) is 1. The topological polar surface area (TPSA) is 62.6 Å². The summed E-state index contributed by atoms with van der Waals surface area (Å²) in [5.41, 5.74) is 3.02. The van der Waals surface area contributed by atoms with Gasteiger partial charge in [0, 0.05) is 10.6 Å². The van der Waals surface area contributed by atoms with Gasteiger partial charge in [0.1, 0.15) is 11.8 Å². The highest BCUT2D eigenvalue weighted by molar-refractivity contribution is 8.04. The number of nitrogens with one attached hydrogen (secondary N) is 1. The number of carbonyl (C=O) groups is 2. The molecule has 144 valence electrons. The van der Waals surface area contributed by atoms with E-state index in [1.807, 2.05) is 54.6 Å². The molecule has 0 fully saturated rings. The van der Waals surface area contributed by atoms with Crippen LogP contribution in [0.25, 0.3) is 0 Å². The minimum absolute atomic E-state index is 0.297. The zero-order valence-electron chi connectivity index (χ0n) is 15.7. The van der Waals surface area contributed by atoms with Gasteiger partial charge >= 0.3 is 0 Å². The number of anilines is 2. The van der Waals surface area contributed by atoms with Gasteiger partial charge in [-0.1, -0.05) is 43.0 Å². The fourth-order valence-electron chi connectivity index (χ4n) is 3.68. The standard InChI is InChI=1S/C23H18N2O3S/c1-2-14-9-11-15(12-10-14)25-22(26)19-20(17-7-5-13-28-17)24-16-6-3-4-8-18(16)29-21(19)23(25)27/h3-13,20,24H,2H2,1H3/t20-/m0/s1. The van der Waals surface area contributed by atoms with Gasteiger partial charge in [-0.25, -0.2) is 4.90 Å². The summed E-state index contributed by atoms with van der Waals surface area (Å²) in [5.74, 6) is -0.0168. The number of hydrogen-bond acceptors (Lipinski definition) is 5. The number of imide groups is 1. The Kier molecular flexibility index (Phi) is 4.28. The Morgan fingerprint density at radius 1 is 1.00 bits per heavy atom. The van der Waals surface area contributed by atoms with E-state index in [1.54, 1.807) is 12.3 Å². The molecule has 1 N–H and O–H groups in total. The van der Waals surface area contributed by atoms with Crippen LogP contribution in [0.3, 0.4) is 0 Å². The predicted octanol–water partition coefficient (Wildman–Crippen LogP) is 4.93. The number of fused-ring (bicyclic) bond motifs is 1. The van der Waals surface area contributed by atoms with Gasteiger partial charge in [-0.05, 0) is 48.4 Å². The lowest BCUT2D eigenvalue weighted by Crippen LogP contribution is -2.33. The minimum atomic E-state index is -0.535. The molecule has 2 amide bonds. The molecule has 29 heavy (non-hydrogen) atoms. The molecule has 5 rings (SSSR count). The number of para-hydroxylation sites is 1. The third-order valence-electron chi connectivity index (χ3n) is 5.19. The van der Waals surface area contributed by atoms with Gasteiger partial charge in [0.2, 0.25) is 0 Å². The highest BCUT2D eigenvalue weighted by Gasteiger charge is 2.45. The van der Waals surface area contributed by atoms with Gasteiger partial charge in [-0.15, -0.1) is 0 Å². The van der Waals surface area contributed by atoms with E-state index in [9.17, 15) is 9.59 Å². The Bertz CT molecular complexity index is 1130. The van der Waals surface area contributed by atoms with Crippen molar-refractivity contribution < 1.29 is 14.0 Å². The molecular weight excluding hydrogens is 384 g/mol. The Morgan fingerprint density at radius 3 is 2.52 bits per heavy atom. The smallest absolute Gasteiger partial charge is 0.272 e. The zero-order valence-corrected chi connectivity index (χ0v) is 16.5. The van der Waals surface area contributed by atoms with Crippen LogP contribution in [0.4, 0.5) is 11.4 Å². The molecular formula is C23H18N2O3S. The van der Waals surface area contributed by atoms with Crippen LogP contribution in [0.2, 0.25) is 0 Å². The maximum absolute atomic E-state index is 13.5. The Hall–Kier alpha value is -3.25. The van der Waals surface area contributed by atoms with Crippen LogP contribution >= 0.6 is 11.8 Å². The number of nitrogens with zero attached hydrogens (tertiary/aromatic N) is 1. The van der Waals surface area contributed by atoms with Gasteiger partial charge in [0.05, 0.1) is 22.4 Å². The first-order chi connectivity index (χ1) is 14.2. The summed E-state index contributed by atoms with van der Waals surface area (Å²) in [6, 6.07) is 18.3. The quantitative estimate of drug-likeness (QED) is 0.630. The van der Waals surface area contributed by atoms with E-state index >= 15 is 0 Å². The number of carbonyl (C=O) groups excluding carboxylic acids is 2. The van der Waals surface area contributed by atoms with E-state index in [-0.39, 0.29) is 11.8 Å². The molecule has 3 aromatic rings. The molecule has 3 heterocycles. The molecule has 0 unspecified atom stereocenters. The van der Waals surface area contributed by atoms with Gasteiger partial charge in [-0.3, -0.25) is 9.59 Å². The SMILES string of the molecule is CCc1ccc(N2C(=O)C3=C(C2=O)[C@H](c2ccco2)Nc2ccccc2S3)cc1. The summed E-state index contributed by atoms with van der Waals surface area (Å²) in [7, 11) is 0. The third kappa shape index (κ3) is 2.87. The van der Waals surface area contributed by atoms with Crippen molar-refractivity contribution in [2.24, 2.45) is 0 Å². The molecule has 0 saturated heterocycles. The molecule has 2 aliphatic heterocycles. The van der Waals surface area contributed by atoms with Gasteiger partial charge in [0.25, 0.3) is 11.8 Å². The summed E-state index contributed by atoms with van der Waals surface area (Å²) in [6.45, 7) is 2.07. The van der Waals surface area contributed by atoms with Crippen molar-refractivity contribution in [2.45, 2.75) is 24.3 Å². The molecule has 6 heteroatoms. The second-order valence-electron chi connectivity index (χ2n) is 6.90. The predicted molar refractivity (Wildman–Crippen MR) is 113 cm³/mol. The van der Waals surface area contributed by atoms with Crippen molar-refractivity contribution in [3.8, 4) is 0 Å². The third-order valence-corrected chi connectivity index (χ3v) is 6.37. The van der Waals surface area contributed by atoms with E-state index in [0.29, 0.717) is 21.9 Å². The van der Waals surface area contributed by atoms with Gasteiger partial charge in [0.15, 0.2) is 0 Å². The minimum Gasteiger partial charge on any atom is -0.467 e. The molecule has 5 nitrogen and oxygen atoms in total. The summed E-state index contributed by atoms with van der Waals surface area (Å²) in [6.07, 6.45) is 2.47. The zero-order chi connectivity index (χ0) is 20.0. The second-order valence-corrected chi connectivity index (χ2v) is 7.95. The summed E-state index contributed by atoms with van der Waals surface area (Å²) >= 11 is 1.33. The molecule has 0 saturated carbocycles. The maximum Gasteiger partial charge on any atom is 0.272 e. The highest BCUT2D eigenvalue weighted by Crippen LogP contribution is 2.48. The van der Waals surface area contributed by atoms with Gasteiger partial charge in [-0.2, -0.15) is 0 Å². The van der Waals surface area contributed by atoms with Crippen LogP contribution in [0.5, 0.6) is 0 Å². The van der Waals surface area contributed by atoms with E-state index in [1.165, 1.54) is 16.7 Å². The number of rotatable bonds is 3. The number of amides is 2. The number of thioether (sulfide) groups is 1. The number of aryl methyl sites for hydroxylation is 1. The van der Waals surface area contributed by atoms with Crippen molar-refractivity contribution in [3.63, 3.8) is 0 Å². The molecule has 2 aromatic carbocycles. The van der Waals surface area contributed by atoms with Crippen molar-refractivity contribution in [3.05, 3.63) is 88.7 Å². The first-order valence-corrected chi connectivity index (χ1v) is 10.3. The van der Waals surface area contributed by atoms with Crippen LogP contribution < -0.4 is 10.2 Å². The van der Waals surface area contributed by atoms with Crippen molar-refractivity contribution in [2.75, 3.05) is 10.2 Å². The first-order valence-electron chi connectivity index (χ1n) is 9.46. The molecule has 0 radical (unpaired) electrons. The van der Waals surface area contributed by atoms with Crippen LogP contribution in [-0.4, -0.2) is 11.8 Å². The average molecular weight is 402 g/mol. The fraction of sp³-hybridized carbons (Fsp3) is 0.130. The second kappa shape index (κ2) is 6.97. The van der Waals surface area contributed by atoms with E-state index in [0.717, 1.165) is 22.6 Å². The monoisotopic (exact) mass is 402 g/mol. The van der Waals surface area contributed by atoms with Crippen LogP contribution in [0.15, 0.2) is 86.7 Å². The van der Waals surface area contributed by atoms with Crippen molar-refractivity contribution in [1.82, 2.24) is 0 Å². The number of furan rings is 1. The van der Waals surface area contributed by atoms with Crippen LogP contribution in [0, 0.1) is 0 Å². The molecule has 1 aromatic heterocycles. The Labute approximate surface area is 172 Å². The largest absolute Gasteiger partial charge is 0.467 e.